The van der Waals surface area contributed by atoms with Crippen LogP contribution in [0.2, 0.25) is 0 Å². The van der Waals surface area contributed by atoms with Gasteiger partial charge in [-0.3, -0.25) is 0 Å². The summed E-state index contributed by atoms with van der Waals surface area (Å²) in [6, 6.07) is 0.405. The molecule has 1 unspecified atom stereocenters. The maximum Gasteiger partial charge on any atom is 0.241 e. The molecule has 96 valence electrons. The lowest BCUT2D eigenvalue weighted by atomic mass is 9.99. The van der Waals surface area contributed by atoms with Crippen LogP contribution < -0.4 is 10.1 Å². The van der Waals surface area contributed by atoms with Crippen LogP contribution in [0.3, 0.4) is 0 Å². The molecule has 0 aromatic carbocycles. The summed E-state index contributed by atoms with van der Waals surface area (Å²) in [4.78, 5) is 8.60. The third-order valence-electron chi connectivity index (χ3n) is 3.63. The van der Waals surface area contributed by atoms with E-state index in [0.29, 0.717) is 11.9 Å². The Morgan fingerprint density at radius 2 is 2.28 bits per heavy atom. The van der Waals surface area contributed by atoms with Gasteiger partial charge >= 0.3 is 0 Å². The van der Waals surface area contributed by atoms with Crippen LogP contribution in [-0.2, 0) is 7.05 Å². The van der Waals surface area contributed by atoms with Crippen molar-refractivity contribution < 1.29 is 4.74 Å². The topological polar surface area (TPSA) is 52.0 Å². The van der Waals surface area contributed by atoms with Crippen LogP contribution in [0.1, 0.15) is 30.9 Å². The van der Waals surface area contributed by atoms with Crippen LogP contribution in [0.15, 0.2) is 12.5 Å². The van der Waals surface area contributed by atoms with Crippen molar-refractivity contribution in [1.29, 1.82) is 0 Å². The molecule has 5 heteroatoms. The summed E-state index contributed by atoms with van der Waals surface area (Å²) in [5.74, 6) is 0.643. The second kappa shape index (κ2) is 4.57. The van der Waals surface area contributed by atoms with Gasteiger partial charge in [-0.15, -0.1) is 0 Å². The minimum Gasteiger partial charge on any atom is -0.479 e. The monoisotopic (exact) mass is 246 g/mol. The van der Waals surface area contributed by atoms with Gasteiger partial charge < -0.3 is 14.6 Å². The zero-order chi connectivity index (χ0) is 12.5. The summed E-state index contributed by atoms with van der Waals surface area (Å²) < 4.78 is 7.37. The number of ether oxygens (including phenoxy) is 1. The molecular formula is C13H18N4O. The van der Waals surface area contributed by atoms with Gasteiger partial charge in [0.2, 0.25) is 5.88 Å². The van der Waals surface area contributed by atoms with Crippen molar-refractivity contribution in [2.24, 2.45) is 7.05 Å². The fourth-order valence-electron chi connectivity index (χ4n) is 2.75. The van der Waals surface area contributed by atoms with E-state index in [9.17, 15) is 0 Å². The van der Waals surface area contributed by atoms with E-state index in [-0.39, 0.29) is 0 Å². The number of nitrogens with zero attached hydrogens (tertiary/aromatic N) is 3. The lowest BCUT2D eigenvalue weighted by molar-refractivity contribution is 0.400. The normalized spacial score (nSPS) is 20.2. The molecule has 18 heavy (non-hydrogen) atoms. The number of nitrogens with one attached hydrogen (secondary N) is 1. The molecule has 3 rings (SSSR count). The number of aromatic nitrogens is 3. The summed E-state index contributed by atoms with van der Waals surface area (Å²) >= 11 is 0. The fraction of sp³-hybridized carbons (Fsp3) is 0.538. The Hall–Kier alpha value is -1.62. The SMILES string of the molecule is COc1ncnc2c(C3CCCCN3)cn(C)c12. The van der Waals surface area contributed by atoms with Gasteiger partial charge in [0.25, 0.3) is 0 Å². The van der Waals surface area contributed by atoms with Gasteiger partial charge in [-0.05, 0) is 19.4 Å². The van der Waals surface area contributed by atoms with Gasteiger partial charge in [0.15, 0.2) is 0 Å². The fourth-order valence-corrected chi connectivity index (χ4v) is 2.75. The van der Waals surface area contributed by atoms with E-state index in [4.69, 9.17) is 4.74 Å². The number of hydrogen-bond acceptors (Lipinski definition) is 4. The van der Waals surface area contributed by atoms with Crippen molar-refractivity contribution >= 4 is 11.0 Å². The zero-order valence-corrected chi connectivity index (χ0v) is 10.8. The van der Waals surface area contributed by atoms with E-state index in [0.717, 1.165) is 17.6 Å². The van der Waals surface area contributed by atoms with Gasteiger partial charge in [-0.2, -0.15) is 4.98 Å². The van der Waals surface area contributed by atoms with Crippen molar-refractivity contribution in [3.8, 4) is 5.88 Å². The predicted molar refractivity (Wildman–Crippen MR) is 69.7 cm³/mol. The van der Waals surface area contributed by atoms with Gasteiger partial charge in [-0.25, -0.2) is 4.98 Å². The first-order chi connectivity index (χ1) is 8.81. The van der Waals surface area contributed by atoms with Gasteiger partial charge in [0.1, 0.15) is 17.4 Å². The molecule has 0 aliphatic carbocycles. The van der Waals surface area contributed by atoms with E-state index in [1.54, 1.807) is 13.4 Å². The number of fused-ring (bicyclic) bond motifs is 1. The second-order valence-corrected chi connectivity index (χ2v) is 4.78. The van der Waals surface area contributed by atoms with Crippen LogP contribution in [0.4, 0.5) is 0 Å². The largest absolute Gasteiger partial charge is 0.479 e. The van der Waals surface area contributed by atoms with Crippen LogP contribution in [0.5, 0.6) is 5.88 Å². The van der Waals surface area contributed by atoms with Crippen LogP contribution in [0.25, 0.3) is 11.0 Å². The minimum atomic E-state index is 0.405. The van der Waals surface area contributed by atoms with Crippen LogP contribution >= 0.6 is 0 Å². The molecule has 1 aliphatic rings. The Labute approximate surface area is 106 Å². The highest BCUT2D eigenvalue weighted by molar-refractivity contribution is 5.84. The van der Waals surface area contributed by atoms with E-state index >= 15 is 0 Å². The molecule has 0 spiro atoms. The van der Waals surface area contributed by atoms with Crippen LogP contribution in [-0.4, -0.2) is 28.2 Å². The van der Waals surface area contributed by atoms with E-state index in [1.807, 2.05) is 7.05 Å². The van der Waals surface area contributed by atoms with Crippen molar-refractivity contribution in [2.45, 2.75) is 25.3 Å². The quantitative estimate of drug-likeness (QED) is 0.877. The van der Waals surface area contributed by atoms with Crippen molar-refractivity contribution in [3.63, 3.8) is 0 Å². The molecule has 0 radical (unpaired) electrons. The van der Waals surface area contributed by atoms with Crippen molar-refractivity contribution in [2.75, 3.05) is 13.7 Å². The molecular weight excluding hydrogens is 228 g/mol. The third kappa shape index (κ3) is 1.75. The standard InChI is InChI=1S/C13H18N4O/c1-17-7-9(10-5-3-4-6-14-10)11-12(17)13(18-2)16-8-15-11/h7-8,10,14H,3-6H2,1-2H3. The Morgan fingerprint density at radius 1 is 1.39 bits per heavy atom. The molecule has 1 saturated heterocycles. The molecule has 1 atom stereocenters. The molecule has 0 saturated carbocycles. The maximum atomic E-state index is 5.32. The maximum absolute atomic E-state index is 5.32. The first-order valence-corrected chi connectivity index (χ1v) is 6.38. The van der Waals surface area contributed by atoms with E-state index in [1.165, 1.54) is 24.8 Å². The number of rotatable bonds is 2. The van der Waals surface area contributed by atoms with Gasteiger partial charge in [-0.1, -0.05) is 6.42 Å². The Bertz CT molecular complexity index is 557. The number of hydrogen-bond donors (Lipinski definition) is 1. The molecule has 2 aromatic rings. The average Bonchev–Trinajstić information content (AvgIpc) is 2.77. The molecule has 5 nitrogen and oxygen atoms in total. The molecule has 1 aliphatic heterocycles. The van der Waals surface area contributed by atoms with E-state index < -0.39 is 0 Å². The number of piperidine rings is 1. The number of methoxy groups -OCH3 is 1. The Balaban J connectivity index is 2.12. The third-order valence-corrected chi connectivity index (χ3v) is 3.63. The molecule has 1 N–H and O–H groups in total. The van der Waals surface area contributed by atoms with Gasteiger partial charge in [0.05, 0.1) is 7.11 Å². The smallest absolute Gasteiger partial charge is 0.241 e. The Morgan fingerprint density at radius 3 is 3.00 bits per heavy atom. The number of aryl methyl sites for hydroxylation is 1. The van der Waals surface area contributed by atoms with Crippen molar-refractivity contribution in [1.82, 2.24) is 19.9 Å². The van der Waals surface area contributed by atoms with Crippen molar-refractivity contribution in [3.05, 3.63) is 18.1 Å². The van der Waals surface area contributed by atoms with Crippen LogP contribution in [0, 0.1) is 0 Å². The van der Waals surface area contributed by atoms with Gasteiger partial charge in [0, 0.05) is 24.8 Å². The summed E-state index contributed by atoms with van der Waals surface area (Å²) in [5, 5.41) is 3.56. The average molecular weight is 246 g/mol. The molecule has 1 fully saturated rings. The highest BCUT2D eigenvalue weighted by Crippen LogP contribution is 2.32. The first-order valence-electron chi connectivity index (χ1n) is 6.38. The molecule has 0 amide bonds. The summed E-state index contributed by atoms with van der Waals surface area (Å²) in [5.41, 5.74) is 3.24. The highest BCUT2D eigenvalue weighted by atomic mass is 16.5. The van der Waals surface area contributed by atoms with E-state index in [2.05, 4.69) is 26.0 Å². The molecule has 2 aromatic heterocycles. The Kier molecular flexibility index (Phi) is 2.91. The summed E-state index contributed by atoms with van der Waals surface area (Å²) in [6.45, 7) is 1.09. The lowest BCUT2D eigenvalue weighted by Crippen LogP contribution is -2.26. The second-order valence-electron chi connectivity index (χ2n) is 4.78. The lowest BCUT2D eigenvalue weighted by Gasteiger charge is -2.22. The highest BCUT2D eigenvalue weighted by Gasteiger charge is 2.21. The summed E-state index contributed by atoms with van der Waals surface area (Å²) in [6.07, 6.45) is 7.43. The minimum absolute atomic E-state index is 0.405. The summed E-state index contributed by atoms with van der Waals surface area (Å²) in [7, 11) is 3.66. The molecule has 0 bridgehead atoms. The zero-order valence-electron chi connectivity index (χ0n) is 10.8. The first kappa shape index (κ1) is 11.5. The molecule has 3 heterocycles. The predicted octanol–water partition coefficient (Wildman–Crippen LogP) is 1.79.